The summed E-state index contributed by atoms with van der Waals surface area (Å²) in [6, 6.07) is 0.514. The highest BCUT2D eigenvalue weighted by molar-refractivity contribution is 9.10. The van der Waals surface area contributed by atoms with E-state index in [0.717, 1.165) is 35.7 Å². The lowest BCUT2D eigenvalue weighted by atomic mass is 10.1. The standard InChI is InChI=1S/C13H20BrN3O/c1-8-12(14)11(17(2)16-8)7-15-10-5-6-18-13(10)9-3-4-9/h9-10,13,15H,3-7H2,1-2H3. The molecule has 1 aliphatic heterocycles. The zero-order valence-corrected chi connectivity index (χ0v) is 12.5. The largest absolute Gasteiger partial charge is 0.376 e. The normalized spacial score (nSPS) is 27.9. The molecule has 5 heteroatoms. The predicted molar refractivity (Wildman–Crippen MR) is 73.4 cm³/mol. The molecule has 1 aromatic heterocycles. The molecule has 0 bridgehead atoms. The number of ether oxygens (including phenoxy) is 1. The van der Waals surface area contributed by atoms with Gasteiger partial charge in [-0.15, -0.1) is 0 Å². The highest BCUT2D eigenvalue weighted by atomic mass is 79.9. The van der Waals surface area contributed by atoms with Gasteiger partial charge < -0.3 is 10.1 Å². The van der Waals surface area contributed by atoms with E-state index in [1.165, 1.54) is 18.5 Å². The second kappa shape index (κ2) is 4.94. The summed E-state index contributed by atoms with van der Waals surface area (Å²) in [6.07, 6.45) is 4.27. The van der Waals surface area contributed by atoms with Crippen LogP contribution in [0.2, 0.25) is 0 Å². The number of rotatable bonds is 4. The number of nitrogens with one attached hydrogen (secondary N) is 1. The Morgan fingerprint density at radius 3 is 2.83 bits per heavy atom. The summed E-state index contributed by atoms with van der Waals surface area (Å²) in [5.41, 5.74) is 2.27. The molecule has 2 heterocycles. The van der Waals surface area contributed by atoms with Gasteiger partial charge >= 0.3 is 0 Å². The number of hydrogen-bond acceptors (Lipinski definition) is 3. The van der Waals surface area contributed by atoms with Gasteiger partial charge in [0.1, 0.15) is 0 Å². The first-order valence-electron chi connectivity index (χ1n) is 6.69. The monoisotopic (exact) mass is 313 g/mol. The third-order valence-electron chi connectivity index (χ3n) is 4.02. The molecule has 1 saturated heterocycles. The molecule has 1 aromatic rings. The Morgan fingerprint density at radius 2 is 2.22 bits per heavy atom. The number of nitrogens with zero attached hydrogens (tertiary/aromatic N) is 2. The molecule has 2 unspecified atom stereocenters. The summed E-state index contributed by atoms with van der Waals surface area (Å²) in [5, 5.41) is 8.07. The lowest BCUT2D eigenvalue weighted by Crippen LogP contribution is -2.37. The first-order valence-corrected chi connectivity index (χ1v) is 7.49. The van der Waals surface area contributed by atoms with Crippen LogP contribution >= 0.6 is 15.9 Å². The van der Waals surface area contributed by atoms with Crippen LogP contribution in [0.1, 0.15) is 30.7 Å². The fraction of sp³-hybridized carbons (Fsp3) is 0.769. The molecule has 0 radical (unpaired) electrons. The van der Waals surface area contributed by atoms with Gasteiger partial charge in [-0.3, -0.25) is 4.68 Å². The van der Waals surface area contributed by atoms with Gasteiger partial charge in [-0.25, -0.2) is 0 Å². The Hall–Kier alpha value is -0.390. The third-order valence-corrected chi connectivity index (χ3v) is 5.05. The van der Waals surface area contributed by atoms with Gasteiger partial charge in [0.2, 0.25) is 0 Å². The van der Waals surface area contributed by atoms with Gasteiger partial charge in [0.15, 0.2) is 0 Å². The fourth-order valence-electron chi connectivity index (χ4n) is 2.82. The van der Waals surface area contributed by atoms with Crippen LogP contribution in [0, 0.1) is 12.8 Å². The van der Waals surface area contributed by atoms with Crippen molar-refractivity contribution in [1.29, 1.82) is 0 Å². The van der Waals surface area contributed by atoms with Crippen molar-refractivity contribution in [1.82, 2.24) is 15.1 Å². The van der Waals surface area contributed by atoms with E-state index in [1.54, 1.807) is 0 Å². The molecule has 3 rings (SSSR count). The number of aryl methyl sites for hydroxylation is 2. The van der Waals surface area contributed by atoms with Crippen LogP contribution in [0.15, 0.2) is 4.47 Å². The quantitative estimate of drug-likeness (QED) is 0.925. The lowest BCUT2D eigenvalue weighted by Gasteiger charge is -2.19. The maximum atomic E-state index is 5.85. The van der Waals surface area contributed by atoms with Crippen LogP contribution in [0.4, 0.5) is 0 Å². The Morgan fingerprint density at radius 1 is 1.44 bits per heavy atom. The molecule has 0 aromatic carbocycles. The molecule has 100 valence electrons. The van der Waals surface area contributed by atoms with Crippen molar-refractivity contribution in [3.8, 4) is 0 Å². The molecule has 1 aliphatic carbocycles. The molecule has 0 spiro atoms. The smallest absolute Gasteiger partial charge is 0.0757 e. The fourth-order valence-corrected chi connectivity index (χ4v) is 3.30. The zero-order chi connectivity index (χ0) is 12.7. The molecular weight excluding hydrogens is 294 g/mol. The maximum Gasteiger partial charge on any atom is 0.0757 e. The number of halogens is 1. The van der Waals surface area contributed by atoms with Gasteiger partial charge in [0, 0.05) is 26.2 Å². The molecule has 2 fully saturated rings. The van der Waals surface area contributed by atoms with E-state index in [-0.39, 0.29) is 0 Å². The van der Waals surface area contributed by atoms with Crippen molar-refractivity contribution >= 4 is 15.9 Å². The molecule has 2 atom stereocenters. The SMILES string of the molecule is Cc1nn(C)c(CNC2CCOC2C2CC2)c1Br. The molecular formula is C13H20BrN3O. The molecule has 18 heavy (non-hydrogen) atoms. The molecule has 2 aliphatic rings. The zero-order valence-electron chi connectivity index (χ0n) is 10.9. The molecule has 4 nitrogen and oxygen atoms in total. The van der Waals surface area contributed by atoms with Gasteiger partial charge in [0.05, 0.1) is 22.0 Å². The Kier molecular flexibility index (Phi) is 3.47. The summed E-state index contributed by atoms with van der Waals surface area (Å²) in [4.78, 5) is 0. The van der Waals surface area contributed by atoms with Crippen molar-refractivity contribution in [3.05, 3.63) is 15.9 Å². The number of hydrogen-bond donors (Lipinski definition) is 1. The average molecular weight is 314 g/mol. The van der Waals surface area contributed by atoms with Crippen LogP contribution in [0.3, 0.4) is 0 Å². The Labute approximate surface area is 116 Å². The minimum absolute atomic E-state index is 0.443. The summed E-state index contributed by atoms with van der Waals surface area (Å²) in [7, 11) is 2.00. The van der Waals surface area contributed by atoms with Gasteiger partial charge in [-0.05, 0) is 48.0 Å². The van der Waals surface area contributed by atoms with Crippen LogP contribution < -0.4 is 5.32 Å². The summed E-state index contributed by atoms with van der Waals surface area (Å²) < 4.78 is 8.92. The van der Waals surface area contributed by atoms with Gasteiger partial charge in [-0.1, -0.05) is 0 Å². The van der Waals surface area contributed by atoms with Crippen molar-refractivity contribution in [2.24, 2.45) is 13.0 Å². The average Bonchev–Trinajstić information content (AvgIpc) is 3.03. The van der Waals surface area contributed by atoms with E-state index in [0.29, 0.717) is 12.1 Å². The van der Waals surface area contributed by atoms with Crippen molar-refractivity contribution in [2.75, 3.05) is 6.61 Å². The van der Waals surface area contributed by atoms with Gasteiger partial charge in [0.25, 0.3) is 0 Å². The van der Waals surface area contributed by atoms with E-state index < -0.39 is 0 Å². The molecule has 1 saturated carbocycles. The predicted octanol–water partition coefficient (Wildman–Crippen LogP) is 2.15. The second-order valence-corrected chi connectivity index (χ2v) is 6.21. The van der Waals surface area contributed by atoms with E-state index in [2.05, 4.69) is 26.3 Å². The highest BCUT2D eigenvalue weighted by Gasteiger charge is 2.40. The molecule has 1 N–H and O–H groups in total. The topological polar surface area (TPSA) is 39.1 Å². The van der Waals surface area contributed by atoms with Crippen LogP contribution in [0.5, 0.6) is 0 Å². The summed E-state index contributed by atoms with van der Waals surface area (Å²) >= 11 is 3.61. The van der Waals surface area contributed by atoms with Crippen molar-refractivity contribution in [2.45, 2.75) is 44.9 Å². The minimum atomic E-state index is 0.443. The first-order chi connectivity index (χ1) is 8.66. The lowest BCUT2D eigenvalue weighted by molar-refractivity contribution is 0.0807. The van der Waals surface area contributed by atoms with Crippen LogP contribution in [-0.2, 0) is 18.3 Å². The van der Waals surface area contributed by atoms with Crippen molar-refractivity contribution < 1.29 is 4.74 Å². The summed E-state index contributed by atoms with van der Waals surface area (Å²) in [6.45, 7) is 3.79. The van der Waals surface area contributed by atoms with Gasteiger partial charge in [-0.2, -0.15) is 5.10 Å². The third kappa shape index (κ3) is 2.36. The molecule has 0 amide bonds. The number of aromatic nitrogens is 2. The van der Waals surface area contributed by atoms with Crippen LogP contribution in [-0.4, -0.2) is 28.5 Å². The minimum Gasteiger partial charge on any atom is -0.376 e. The highest BCUT2D eigenvalue weighted by Crippen LogP contribution is 2.38. The second-order valence-electron chi connectivity index (χ2n) is 5.42. The van der Waals surface area contributed by atoms with Crippen LogP contribution in [0.25, 0.3) is 0 Å². The maximum absolute atomic E-state index is 5.85. The van der Waals surface area contributed by atoms with E-state index >= 15 is 0 Å². The Balaban J connectivity index is 1.63. The van der Waals surface area contributed by atoms with E-state index in [1.807, 2.05) is 18.7 Å². The first kappa shape index (κ1) is 12.6. The summed E-state index contributed by atoms with van der Waals surface area (Å²) in [5.74, 6) is 0.807. The van der Waals surface area contributed by atoms with E-state index in [4.69, 9.17) is 4.74 Å². The van der Waals surface area contributed by atoms with Crippen molar-refractivity contribution in [3.63, 3.8) is 0 Å². The van der Waals surface area contributed by atoms with E-state index in [9.17, 15) is 0 Å². The Bertz CT molecular complexity index is 442.